The van der Waals surface area contributed by atoms with Gasteiger partial charge >= 0.3 is 6.18 Å². The summed E-state index contributed by atoms with van der Waals surface area (Å²) in [5.41, 5.74) is 10.1. The second-order valence-electron chi connectivity index (χ2n) is 7.66. The molecule has 6 nitrogen and oxygen atoms in total. The summed E-state index contributed by atoms with van der Waals surface area (Å²) in [6.45, 7) is -0.837. The predicted molar refractivity (Wildman–Crippen MR) is 115 cm³/mol. The van der Waals surface area contributed by atoms with E-state index in [2.05, 4.69) is 33.5 Å². The summed E-state index contributed by atoms with van der Waals surface area (Å²) in [4.78, 5) is 20.2. The number of carbonyl (C=O) groups excluding carboxylic acids is 1. The van der Waals surface area contributed by atoms with Crippen LogP contribution in [0, 0.1) is 0 Å². The van der Waals surface area contributed by atoms with Gasteiger partial charge in [0.1, 0.15) is 6.54 Å². The van der Waals surface area contributed by atoms with Crippen molar-refractivity contribution in [3.63, 3.8) is 0 Å². The zero-order valence-electron chi connectivity index (χ0n) is 17.1. The maximum atomic E-state index is 12.4. The fraction of sp³-hybridized carbons (Fsp3) is 0.261. The number of anilines is 1. The van der Waals surface area contributed by atoms with Gasteiger partial charge in [-0.3, -0.25) is 4.79 Å². The first-order chi connectivity index (χ1) is 15.3. The lowest BCUT2D eigenvalue weighted by Gasteiger charge is -2.15. The average Bonchev–Trinajstić information content (AvgIpc) is 3.19. The van der Waals surface area contributed by atoms with Gasteiger partial charge in [0.2, 0.25) is 0 Å². The van der Waals surface area contributed by atoms with Crippen molar-refractivity contribution < 1.29 is 18.0 Å². The van der Waals surface area contributed by atoms with Crippen LogP contribution in [0.5, 0.6) is 0 Å². The van der Waals surface area contributed by atoms with Crippen molar-refractivity contribution in [3.05, 3.63) is 77.1 Å². The lowest BCUT2D eigenvalue weighted by Crippen LogP contribution is -2.34. The van der Waals surface area contributed by atoms with Crippen LogP contribution in [0.3, 0.4) is 0 Å². The monoisotopic (exact) mass is 441 g/mol. The predicted octanol–water partition coefficient (Wildman–Crippen LogP) is 3.80. The standard InChI is InChI=1S/C23H22F3N5O/c24-23(25,26)13-30-22(32)20-21(27)29-12-19(31-20)16-6-3-4-14(10-16)11-28-18-9-8-15-5-1-2-7-17(15)18/h1-7,10,12,18,28H,8-9,11,13H2,(H2,27,29)(H,30,32)/t18-/m0/s1. The van der Waals surface area contributed by atoms with Crippen LogP contribution in [-0.2, 0) is 13.0 Å². The van der Waals surface area contributed by atoms with E-state index in [0.717, 1.165) is 18.4 Å². The first-order valence-corrected chi connectivity index (χ1v) is 10.2. The summed E-state index contributed by atoms with van der Waals surface area (Å²) in [6, 6.07) is 16.2. The summed E-state index contributed by atoms with van der Waals surface area (Å²) < 4.78 is 37.2. The van der Waals surface area contributed by atoms with Gasteiger partial charge in [-0.2, -0.15) is 13.2 Å². The molecule has 0 spiro atoms. The van der Waals surface area contributed by atoms with Gasteiger partial charge in [0.05, 0.1) is 11.9 Å². The zero-order valence-corrected chi connectivity index (χ0v) is 17.1. The van der Waals surface area contributed by atoms with Gasteiger partial charge in [-0.25, -0.2) is 9.97 Å². The quantitative estimate of drug-likeness (QED) is 0.541. The van der Waals surface area contributed by atoms with E-state index in [-0.39, 0.29) is 17.6 Å². The van der Waals surface area contributed by atoms with E-state index in [0.29, 0.717) is 17.8 Å². The Kier molecular flexibility index (Phi) is 6.09. The maximum Gasteiger partial charge on any atom is 0.405 e. The molecule has 1 atom stereocenters. The van der Waals surface area contributed by atoms with E-state index in [4.69, 9.17) is 5.73 Å². The van der Waals surface area contributed by atoms with E-state index < -0.39 is 18.6 Å². The van der Waals surface area contributed by atoms with E-state index >= 15 is 0 Å². The van der Waals surface area contributed by atoms with Crippen LogP contribution in [0.15, 0.2) is 54.7 Å². The molecule has 166 valence electrons. The zero-order chi connectivity index (χ0) is 22.7. The van der Waals surface area contributed by atoms with E-state index in [9.17, 15) is 18.0 Å². The molecule has 0 saturated carbocycles. The number of rotatable bonds is 6. The Morgan fingerprint density at radius 3 is 2.78 bits per heavy atom. The maximum absolute atomic E-state index is 12.4. The van der Waals surface area contributed by atoms with Gasteiger partial charge in [0.15, 0.2) is 11.5 Å². The number of hydrogen-bond acceptors (Lipinski definition) is 5. The number of benzene rings is 2. The molecule has 0 aliphatic heterocycles. The highest BCUT2D eigenvalue weighted by Crippen LogP contribution is 2.31. The molecule has 1 aliphatic carbocycles. The van der Waals surface area contributed by atoms with Crippen molar-refractivity contribution in [1.82, 2.24) is 20.6 Å². The van der Waals surface area contributed by atoms with Crippen LogP contribution in [0.25, 0.3) is 11.3 Å². The smallest absolute Gasteiger partial charge is 0.382 e. The number of aromatic nitrogens is 2. The Balaban J connectivity index is 1.48. The summed E-state index contributed by atoms with van der Waals surface area (Å²) >= 11 is 0. The van der Waals surface area contributed by atoms with Crippen molar-refractivity contribution in [2.24, 2.45) is 0 Å². The third-order valence-electron chi connectivity index (χ3n) is 5.37. The molecule has 0 saturated heterocycles. The molecule has 9 heteroatoms. The van der Waals surface area contributed by atoms with Crippen LogP contribution in [0.2, 0.25) is 0 Å². The SMILES string of the molecule is Nc1ncc(-c2cccc(CN[C@H]3CCc4ccccc43)c2)nc1C(=O)NCC(F)(F)F. The molecule has 1 amide bonds. The Hall–Kier alpha value is -3.46. The number of fused-ring (bicyclic) bond motifs is 1. The number of hydrogen-bond donors (Lipinski definition) is 3. The number of aryl methyl sites for hydroxylation is 1. The Labute approximate surface area is 183 Å². The second-order valence-corrected chi connectivity index (χ2v) is 7.66. The third-order valence-corrected chi connectivity index (χ3v) is 5.37. The van der Waals surface area contributed by atoms with Crippen molar-refractivity contribution >= 4 is 11.7 Å². The van der Waals surface area contributed by atoms with Crippen molar-refractivity contribution in [2.75, 3.05) is 12.3 Å². The molecule has 4 N–H and O–H groups in total. The summed E-state index contributed by atoms with van der Waals surface area (Å²) in [6.07, 6.45) is -1.04. The minimum atomic E-state index is -4.53. The number of amides is 1. The van der Waals surface area contributed by atoms with Crippen molar-refractivity contribution in [3.8, 4) is 11.3 Å². The third kappa shape index (κ3) is 5.05. The van der Waals surface area contributed by atoms with Crippen molar-refractivity contribution in [2.45, 2.75) is 31.6 Å². The van der Waals surface area contributed by atoms with Crippen LogP contribution in [0.4, 0.5) is 19.0 Å². The first kappa shape index (κ1) is 21.8. The Morgan fingerprint density at radius 2 is 1.97 bits per heavy atom. The van der Waals surface area contributed by atoms with Gasteiger partial charge in [-0.1, -0.05) is 42.5 Å². The molecule has 0 radical (unpaired) electrons. The van der Waals surface area contributed by atoms with Crippen LogP contribution in [-0.4, -0.2) is 28.6 Å². The Morgan fingerprint density at radius 1 is 1.16 bits per heavy atom. The topological polar surface area (TPSA) is 92.9 Å². The largest absolute Gasteiger partial charge is 0.405 e. The fourth-order valence-corrected chi connectivity index (χ4v) is 3.82. The summed E-state index contributed by atoms with van der Waals surface area (Å²) in [5.74, 6) is -1.25. The number of carbonyl (C=O) groups is 1. The molecule has 1 aromatic heterocycles. The van der Waals surface area contributed by atoms with Gasteiger partial charge in [-0.05, 0) is 35.6 Å². The molecule has 2 aromatic carbocycles. The second kappa shape index (κ2) is 8.96. The fourth-order valence-electron chi connectivity index (χ4n) is 3.82. The minimum Gasteiger partial charge on any atom is -0.382 e. The lowest BCUT2D eigenvalue weighted by molar-refractivity contribution is -0.123. The molecule has 0 bridgehead atoms. The number of nitrogens with zero attached hydrogens (tertiary/aromatic N) is 2. The molecule has 1 heterocycles. The molecule has 3 aromatic rings. The molecule has 0 fully saturated rings. The van der Waals surface area contributed by atoms with Gasteiger partial charge in [0, 0.05) is 18.2 Å². The first-order valence-electron chi connectivity index (χ1n) is 10.2. The minimum absolute atomic E-state index is 0.230. The van der Waals surface area contributed by atoms with E-state index in [1.54, 1.807) is 11.4 Å². The highest BCUT2D eigenvalue weighted by molar-refractivity contribution is 5.96. The van der Waals surface area contributed by atoms with Crippen LogP contribution >= 0.6 is 0 Å². The van der Waals surface area contributed by atoms with Gasteiger partial charge in [0.25, 0.3) is 5.91 Å². The normalized spacial score (nSPS) is 15.4. The summed E-state index contributed by atoms with van der Waals surface area (Å²) in [5, 5.41) is 5.35. The molecular weight excluding hydrogens is 419 g/mol. The number of halogens is 3. The summed E-state index contributed by atoms with van der Waals surface area (Å²) in [7, 11) is 0. The molecule has 0 unspecified atom stereocenters. The number of nitrogens with two attached hydrogens (primary N) is 1. The van der Waals surface area contributed by atoms with Gasteiger partial charge in [-0.15, -0.1) is 0 Å². The highest BCUT2D eigenvalue weighted by Gasteiger charge is 2.29. The number of nitrogen functional groups attached to an aromatic ring is 1. The lowest BCUT2D eigenvalue weighted by atomic mass is 10.1. The van der Waals surface area contributed by atoms with E-state index in [1.165, 1.54) is 17.3 Å². The Bertz CT molecular complexity index is 1130. The van der Waals surface area contributed by atoms with E-state index in [1.807, 2.05) is 24.3 Å². The molecule has 32 heavy (non-hydrogen) atoms. The highest BCUT2D eigenvalue weighted by atomic mass is 19.4. The van der Waals surface area contributed by atoms with Crippen LogP contribution in [0.1, 0.15) is 39.6 Å². The van der Waals surface area contributed by atoms with Crippen molar-refractivity contribution in [1.29, 1.82) is 0 Å². The average molecular weight is 441 g/mol. The number of alkyl halides is 3. The van der Waals surface area contributed by atoms with Gasteiger partial charge < -0.3 is 16.4 Å². The molecule has 4 rings (SSSR count). The molecule has 1 aliphatic rings. The van der Waals surface area contributed by atoms with Crippen LogP contribution < -0.4 is 16.4 Å². The molecular formula is C23H22F3N5O. The number of nitrogens with one attached hydrogen (secondary N) is 2.